The number of carbonyl (C=O) groups is 1. The van der Waals surface area contributed by atoms with Crippen LogP contribution in [0, 0.1) is 11.3 Å². The molecule has 1 saturated carbocycles. The highest BCUT2D eigenvalue weighted by atomic mass is 16.2. The maximum atomic E-state index is 12.9. The van der Waals surface area contributed by atoms with E-state index in [0.29, 0.717) is 5.92 Å². The fourth-order valence-electron chi connectivity index (χ4n) is 4.10. The third kappa shape index (κ3) is 2.18. The SMILES string of the molecule is O=C(Nc1ccc2ncccc2c1)[C@@]12CCCC[C@H]1CNC2. The Bertz CT molecular complexity index is 714. The minimum atomic E-state index is -0.206. The van der Waals surface area contributed by atoms with Crippen LogP contribution in [0.3, 0.4) is 0 Å². The summed E-state index contributed by atoms with van der Waals surface area (Å²) >= 11 is 0. The van der Waals surface area contributed by atoms with Crippen molar-refractivity contribution in [3.63, 3.8) is 0 Å². The summed E-state index contributed by atoms with van der Waals surface area (Å²) < 4.78 is 0. The summed E-state index contributed by atoms with van der Waals surface area (Å²) in [6, 6.07) is 9.87. The molecule has 1 aliphatic heterocycles. The number of amides is 1. The Morgan fingerprint density at radius 1 is 1.32 bits per heavy atom. The molecule has 0 bridgehead atoms. The quantitative estimate of drug-likeness (QED) is 0.895. The molecule has 2 aliphatic rings. The standard InChI is InChI=1S/C18H21N3O/c22-17(18-8-2-1-5-14(18)11-19-12-18)21-15-6-7-16-13(10-15)4-3-9-20-16/h3-4,6-7,9-10,14,19H,1-2,5,8,11-12H2,(H,21,22)/t14-,18+/m0/s1. The van der Waals surface area contributed by atoms with Crippen molar-refractivity contribution in [2.75, 3.05) is 18.4 Å². The molecule has 4 rings (SSSR count). The molecule has 4 heteroatoms. The molecule has 1 saturated heterocycles. The van der Waals surface area contributed by atoms with Crippen molar-refractivity contribution in [1.82, 2.24) is 10.3 Å². The van der Waals surface area contributed by atoms with Gasteiger partial charge in [0.25, 0.3) is 0 Å². The summed E-state index contributed by atoms with van der Waals surface area (Å²) in [5.41, 5.74) is 1.62. The van der Waals surface area contributed by atoms with Gasteiger partial charge in [-0.1, -0.05) is 18.9 Å². The molecule has 22 heavy (non-hydrogen) atoms. The Balaban J connectivity index is 1.60. The number of hydrogen-bond donors (Lipinski definition) is 2. The number of benzene rings is 1. The highest BCUT2D eigenvalue weighted by molar-refractivity contribution is 5.97. The van der Waals surface area contributed by atoms with Crippen LogP contribution in [0.1, 0.15) is 25.7 Å². The van der Waals surface area contributed by atoms with E-state index in [1.807, 2.05) is 30.3 Å². The Morgan fingerprint density at radius 3 is 3.23 bits per heavy atom. The van der Waals surface area contributed by atoms with Gasteiger partial charge in [0.1, 0.15) is 0 Å². The van der Waals surface area contributed by atoms with Crippen molar-refractivity contribution in [2.45, 2.75) is 25.7 Å². The smallest absolute Gasteiger partial charge is 0.232 e. The first-order chi connectivity index (χ1) is 10.8. The number of anilines is 1. The van der Waals surface area contributed by atoms with E-state index < -0.39 is 0 Å². The number of fused-ring (bicyclic) bond motifs is 2. The van der Waals surface area contributed by atoms with E-state index in [2.05, 4.69) is 15.6 Å². The van der Waals surface area contributed by atoms with Gasteiger partial charge in [0.2, 0.25) is 5.91 Å². The van der Waals surface area contributed by atoms with Crippen LogP contribution in [-0.2, 0) is 4.79 Å². The van der Waals surface area contributed by atoms with E-state index in [9.17, 15) is 4.79 Å². The van der Waals surface area contributed by atoms with Gasteiger partial charge in [0.05, 0.1) is 10.9 Å². The van der Waals surface area contributed by atoms with Crippen molar-refractivity contribution in [3.05, 3.63) is 36.5 Å². The van der Waals surface area contributed by atoms with Crippen LogP contribution in [0.5, 0.6) is 0 Å². The second kappa shape index (κ2) is 5.36. The number of rotatable bonds is 2. The van der Waals surface area contributed by atoms with Crippen molar-refractivity contribution in [1.29, 1.82) is 0 Å². The predicted octanol–water partition coefficient (Wildman–Crippen LogP) is 2.95. The average molecular weight is 295 g/mol. The zero-order valence-electron chi connectivity index (χ0n) is 12.6. The Labute approximate surface area is 130 Å². The normalized spacial score (nSPS) is 27.5. The first kappa shape index (κ1) is 13.7. The van der Waals surface area contributed by atoms with Crippen LogP contribution >= 0.6 is 0 Å². The number of nitrogens with zero attached hydrogens (tertiary/aromatic N) is 1. The van der Waals surface area contributed by atoms with Crippen LogP contribution in [0.4, 0.5) is 5.69 Å². The van der Waals surface area contributed by atoms with Crippen molar-refractivity contribution >= 4 is 22.5 Å². The van der Waals surface area contributed by atoms with Gasteiger partial charge in [0, 0.05) is 23.8 Å². The topological polar surface area (TPSA) is 54.0 Å². The summed E-state index contributed by atoms with van der Waals surface area (Å²) in [6.07, 6.45) is 6.38. The molecule has 0 radical (unpaired) electrons. The van der Waals surface area contributed by atoms with Gasteiger partial charge in [-0.05, 0) is 49.6 Å². The Kier molecular flexibility index (Phi) is 3.34. The van der Waals surface area contributed by atoms with Gasteiger partial charge in [-0.25, -0.2) is 0 Å². The van der Waals surface area contributed by atoms with E-state index in [4.69, 9.17) is 0 Å². The number of hydrogen-bond acceptors (Lipinski definition) is 3. The highest BCUT2D eigenvalue weighted by Gasteiger charge is 2.49. The molecule has 1 aliphatic carbocycles. The zero-order chi connectivity index (χ0) is 15.0. The lowest BCUT2D eigenvalue weighted by Gasteiger charge is -2.37. The van der Waals surface area contributed by atoms with Crippen molar-refractivity contribution < 1.29 is 4.79 Å². The molecule has 0 unspecified atom stereocenters. The van der Waals surface area contributed by atoms with Gasteiger partial charge < -0.3 is 10.6 Å². The lowest BCUT2D eigenvalue weighted by molar-refractivity contribution is -0.128. The fourth-order valence-corrected chi connectivity index (χ4v) is 4.10. The van der Waals surface area contributed by atoms with Crippen LogP contribution in [-0.4, -0.2) is 24.0 Å². The van der Waals surface area contributed by atoms with E-state index in [-0.39, 0.29) is 11.3 Å². The summed E-state index contributed by atoms with van der Waals surface area (Å²) in [5.74, 6) is 0.675. The first-order valence-electron chi connectivity index (χ1n) is 8.15. The Morgan fingerprint density at radius 2 is 2.27 bits per heavy atom. The maximum Gasteiger partial charge on any atom is 0.232 e. The molecule has 0 spiro atoms. The molecule has 1 aromatic heterocycles. The lowest BCUT2D eigenvalue weighted by atomic mass is 9.67. The summed E-state index contributed by atoms with van der Waals surface area (Å²) in [5, 5.41) is 7.65. The van der Waals surface area contributed by atoms with E-state index >= 15 is 0 Å². The molecule has 1 aromatic carbocycles. The third-order valence-corrected chi connectivity index (χ3v) is 5.35. The van der Waals surface area contributed by atoms with E-state index in [0.717, 1.165) is 42.5 Å². The molecule has 1 amide bonds. The van der Waals surface area contributed by atoms with Gasteiger partial charge in [-0.3, -0.25) is 9.78 Å². The molecular formula is C18H21N3O. The number of nitrogens with one attached hydrogen (secondary N) is 2. The van der Waals surface area contributed by atoms with Gasteiger partial charge in [-0.2, -0.15) is 0 Å². The minimum Gasteiger partial charge on any atom is -0.326 e. The predicted molar refractivity (Wildman–Crippen MR) is 87.6 cm³/mol. The number of pyridine rings is 1. The molecule has 114 valence electrons. The summed E-state index contributed by atoms with van der Waals surface area (Å²) in [4.78, 5) is 17.3. The Hall–Kier alpha value is -1.94. The molecule has 2 fully saturated rings. The largest absolute Gasteiger partial charge is 0.326 e. The molecule has 4 nitrogen and oxygen atoms in total. The van der Waals surface area contributed by atoms with Gasteiger partial charge >= 0.3 is 0 Å². The molecule has 2 N–H and O–H groups in total. The number of carbonyl (C=O) groups excluding carboxylic acids is 1. The molecule has 2 aromatic rings. The first-order valence-corrected chi connectivity index (χ1v) is 8.15. The lowest BCUT2D eigenvalue weighted by Crippen LogP contribution is -2.44. The summed E-state index contributed by atoms with van der Waals surface area (Å²) in [7, 11) is 0. The number of aromatic nitrogens is 1. The average Bonchev–Trinajstić information content (AvgIpc) is 3.00. The van der Waals surface area contributed by atoms with E-state index in [1.165, 1.54) is 12.8 Å². The fraction of sp³-hybridized carbons (Fsp3) is 0.444. The van der Waals surface area contributed by atoms with Gasteiger partial charge in [0.15, 0.2) is 0 Å². The third-order valence-electron chi connectivity index (χ3n) is 5.35. The molecular weight excluding hydrogens is 274 g/mol. The van der Waals surface area contributed by atoms with Crippen molar-refractivity contribution in [2.24, 2.45) is 11.3 Å². The van der Waals surface area contributed by atoms with Crippen LogP contribution in [0.25, 0.3) is 10.9 Å². The van der Waals surface area contributed by atoms with Crippen LogP contribution in [0.15, 0.2) is 36.5 Å². The van der Waals surface area contributed by atoms with E-state index in [1.54, 1.807) is 6.20 Å². The molecule has 2 atom stereocenters. The van der Waals surface area contributed by atoms with Crippen molar-refractivity contribution in [3.8, 4) is 0 Å². The van der Waals surface area contributed by atoms with Crippen LogP contribution in [0.2, 0.25) is 0 Å². The second-order valence-electron chi connectivity index (χ2n) is 6.59. The second-order valence-corrected chi connectivity index (χ2v) is 6.59. The maximum absolute atomic E-state index is 12.9. The zero-order valence-corrected chi connectivity index (χ0v) is 12.6. The monoisotopic (exact) mass is 295 g/mol. The highest BCUT2D eigenvalue weighted by Crippen LogP contribution is 2.44. The molecule has 2 heterocycles. The van der Waals surface area contributed by atoms with Gasteiger partial charge in [-0.15, -0.1) is 0 Å². The summed E-state index contributed by atoms with van der Waals surface area (Å²) in [6.45, 7) is 1.80. The minimum absolute atomic E-state index is 0.186. The van der Waals surface area contributed by atoms with Crippen LogP contribution < -0.4 is 10.6 Å².